The lowest BCUT2D eigenvalue weighted by atomic mass is 9.95. The van der Waals surface area contributed by atoms with Crippen LogP contribution in [0.3, 0.4) is 0 Å². The molecular formula is C33H43ClFNO3. The molecule has 1 aliphatic heterocycles. The highest BCUT2D eigenvalue weighted by Crippen LogP contribution is 2.40. The molecule has 0 saturated carbocycles. The Balaban J connectivity index is 1.54. The Kier molecular flexibility index (Phi) is 13.0. The molecule has 1 amide bonds. The summed E-state index contributed by atoms with van der Waals surface area (Å²) in [6.45, 7) is 2.58. The molecule has 1 unspecified atom stereocenters. The Morgan fingerprint density at radius 1 is 0.795 bits per heavy atom. The number of carbonyl (C=O) groups is 2. The van der Waals surface area contributed by atoms with Gasteiger partial charge in [0.2, 0.25) is 0 Å². The summed E-state index contributed by atoms with van der Waals surface area (Å²) in [6.07, 6.45) is 17.1. The van der Waals surface area contributed by atoms with Crippen molar-refractivity contribution in [3.05, 3.63) is 76.1 Å². The zero-order chi connectivity index (χ0) is 28.0. The summed E-state index contributed by atoms with van der Waals surface area (Å²) in [5.74, 6) is -2.33. The maximum absolute atomic E-state index is 14.9. The summed E-state index contributed by atoms with van der Waals surface area (Å²) in [7, 11) is 0. The van der Waals surface area contributed by atoms with Crippen molar-refractivity contribution < 1.29 is 19.1 Å². The minimum Gasteiger partial charge on any atom is -0.507 e. The lowest BCUT2D eigenvalue weighted by molar-refractivity contribution is -0.140. The van der Waals surface area contributed by atoms with E-state index in [1.165, 1.54) is 75.2 Å². The number of aliphatic hydroxyl groups excluding tert-OH is 1. The van der Waals surface area contributed by atoms with Crippen LogP contribution in [0.1, 0.15) is 114 Å². The lowest BCUT2D eigenvalue weighted by Crippen LogP contribution is -2.31. The van der Waals surface area contributed by atoms with Crippen molar-refractivity contribution >= 4 is 29.1 Å². The van der Waals surface area contributed by atoms with Crippen molar-refractivity contribution in [1.82, 2.24) is 4.90 Å². The number of amides is 1. The van der Waals surface area contributed by atoms with Gasteiger partial charge in [-0.25, -0.2) is 4.39 Å². The summed E-state index contributed by atoms with van der Waals surface area (Å²) < 4.78 is 14.9. The standard InChI is InChI=1S/C33H43ClFNO3/c1-2-3-4-5-6-7-8-9-10-11-12-13-14-17-24-36-30(27-18-15-16-19-28(27)35)29(32(38)33(36)39)31(37)25-20-22-26(34)23-21-25/h15-16,18-23,30,37H,2-14,17,24H2,1H3/b31-29+. The number of likely N-dealkylation sites (tertiary alicyclic amines) is 1. The van der Waals surface area contributed by atoms with E-state index < -0.39 is 23.5 Å². The van der Waals surface area contributed by atoms with E-state index in [-0.39, 0.29) is 16.9 Å². The molecule has 0 radical (unpaired) electrons. The van der Waals surface area contributed by atoms with Gasteiger partial charge in [0.05, 0.1) is 11.6 Å². The molecule has 1 aliphatic rings. The van der Waals surface area contributed by atoms with Crippen LogP contribution in [-0.2, 0) is 9.59 Å². The summed E-state index contributed by atoms with van der Waals surface area (Å²) in [4.78, 5) is 27.6. The molecule has 0 aromatic heterocycles. The Hall–Kier alpha value is -2.66. The predicted molar refractivity (Wildman–Crippen MR) is 157 cm³/mol. The second kappa shape index (κ2) is 16.4. The van der Waals surface area contributed by atoms with E-state index in [1.54, 1.807) is 42.5 Å². The van der Waals surface area contributed by atoms with Gasteiger partial charge < -0.3 is 10.0 Å². The summed E-state index contributed by atoms with van der Waals surface area (Å²) in [6, 6.07) is 11.5. The van der Waals surface area contributed by atoms with Crippen LogP contribution in [0, 0.1) is 5.82 Å². The fourth-order valence-electron chi connectivity index (χ4n) is 5.37. The molecule has 0 spiro atoms. The predicted octanol–water partition coefficient (Wildman–Crippen LogP) is 9.38. The van der Waals surface area contributed by atoms with Gasteiger partial charge in [0.1, 0.15) is 11.6 Å². The molecule has 212 valence electrons. The van der Waals surface area contributed by atoms with Gasteiger partial charge in [-0.1, -0.05) is 120 Å². The van der Waals surface area contributed by atoms with E-state index in [9.17, 15) is 19.1 Å². The van der Waals surface area contributed by atoms with Gasteiger partial charge in [0, 0.05) is 22.7 Å². The van der Waals surface area contributed by atoms with E-state index in [4.69, 9.17) is 11.6 Å². The van der Waals surface area contributed by atoms with Gasteiger partial charge in [-0.15, -0.1) is 0 Å². The van der Waals surface area contributed by atoms with Crippen molar-refractivity contribution in [3.63, 3.8) is 0 Å². The molecule has 6 heteroatoms. The molecule has 4 nitrogen and oxygen atoms in total. The van der Waals surface area contributed by atoms with Crippen LogP contribution in [0.25, 0.3) is 5.76 Å². The lowest BCUT2D eigenvalue weighted by Gasteiger charge is -2.25. The van der Waals surface area contributed by atoms with E-state index in [1.807, 2.05) is 0 Å². The topological polar surface area (TPSA) is 57.6 Å². The SMILES string of the molecule is CCCCCCCCCCCCCCCCN1C(=O)C(=O)/C(=C(/O)c2ccc(Cl)cc2)C1c1ccccc1F. The molecule has 2 aromatic carbocycles. The molecule has 1 fully saturated rings. The molecule has 0 aliphatic carbocycles. The number of halogens is 2. The number of hydrogen-bond donors (Lipinski definition) is 1. The van der Waals surface area contributed by atoms with Crippen LogP contribution < -0.4 is 0 Å². The average molecular weight is 556 g/mol. The van der Waals surface area contributed by atoms with Crippen molar-refractivity contribution in [1.29, 1.82) is 0 Å². The molecule has 0 bridgehead atoms. The number of ketones is 1. The molecule has 39 heavy (non-hydrogen) atoms. The first-order chi connectivity index (χ1) is 19.0. The van der Waals surface area contributed by atoms with Crippen molar-refractivity contribution in [3.8, 4) is 0 Å². The van der Waals surface area contributed by atoms with E-state index in [2.05, 4.69) is 6.92 Å². The van der Waals surface area contributed by atoms with Crippen LogP contribution in [-0.4, -0.2) is 28.2 Å². The van der Waals surface area contributed by atoms with Gasteiger partial charge in [-0.05, 0) is 36.8 Å². The third kappa shape index (κ3) is 8.93. The van der Waals surface area contributed by atoms with Crippen LogP contribution in [0.15, 0.2) is 54.1 Å². The van der Waals surface area contributed by atoms with Gasteiger partial charge in [0.15, 0.2) is 0 Å². The average Bonchev–Trinajstić information content (AvgIpc) is 3.18. The molecule has 1 atom stereocenters. The van der Waals surface area contributed by atoms with Crippen LogP contribution >= 0.6 is 11.6 Å². The first-order valence-electron chi connectivity index (χ1n) is 14.7. The quantitative estimate of drug-likeness (QED) is 0.0915. The first-order valence-corrected chi connectivity index (χ1v) is 15.1. The summed E-state index contributed by atoms with van der Waals surface area (Å²) >= 11 is 5.97. The number of nitrogens with zero attached hydrogens (tertiary/aromatic N) is 1. The van der Waals surface area contributed by atoms with Gasteiger partial charge in [-0.2, -0.15) is 0 Å². The number of benzene rings is 2. The highest BCUT2D eigenvalue weighted by molar-refractivity contribution is 6.46. The van der Waals surface area contributed by atoms with Gasteiger partial charge >= 0.3 is 0 Å². The molecular weight excluding hydrogens is 513 g/mol. The third-order valence-electron chi connectivity index (χ3n) is 7.61. The normalized spacial score (nSPS) is 16.8. The fourth-order valence-corrected chi connectivity index (χ4v) is 5.50. The van der Waals surface area contributed by atoms with E-state index in [0.717, 1.165) is 25.7 Å². The maximum Gasteiger partial charge on any atom is 0.295 e. The number of Topliss-reactive ketones (excluding diaryl/α,β-unsaturated/α-hetero) is 1. The number of hydrogen-bond acceptors (Lipinski definition) is 3. The van der Waals surface area contributed by atoms with Crippen LogP contribution in [0.4, 0.5) is 4.39 Å². The van der Waals surface area contributed by atoms with Gasteiger partial charge in [-0.3, -0.25) is 9.59 Å². The maximum atomic E-state index is 14.9. The molecule has 2 aromatic rings. The van der Waals surface area contributed by atoms with Crippen molar-refractivity contribution in [2.24, 2.45) is 0 Å². The number of carbonyl (C=O) groups excluding carboxylic acids is 2. The largest absolute Gasteiger partial charge is 0.507 e. The minimum atomic E-state index is -0.969. The first kappa shape index (κ1) is 30.9. The van der Waals surface area contributed by atoms with Crippen molar-refractivity contribution in [2.75, 3.05) is 6.54 Å². The smallest absolute Gasteiger partial charge is 0.295 e. The Labute approximate surface area is 238 Å². The molecule has 1 N–H and O–H groups in total. The molecule has 1 saturated heterocycles. The monoisotopic (exact) mass is 555 g/mol. The number of rotatable bonds is 17. The molecule has 1 heterocycles. The fraction of sp³-hybridized carbons (Fsp3) is 0.515. The zero-order valence-electron chi connectivity index (χ0n) is 23.3. The third-order valence-corrected chi connectivity index (χ3v) is 7.86. The minimum absolute atomic E-state index is 0.0854. The Morgan fingerprint density at radius 3 is 1.85 bits per heavy atom. The Bertz CT molecular complexity index is 1100. The second-order valence-corrected chi connectivity index (χ2v) is 11.1. The second-order valence-electron chi connectivity index (χ2n) is 10.6. The van der Waals surface area contributed by atoms with Crippen molar-refractivity contribution in [2.45, 2.75) is 103 Å². The highest BCUT2D eigenvalue weighted by atomic mass is 35.5. The number of unbranched alkanes of at least 4 members (excludes halogenated alkanes) is 13. The summed E-state index contributed by atoms with van der Waals surface area (Å²) in [5.41, 5.74) is 0.477. The Morgan fingerprint density at radius 2 is 1.31 bits per heavy atom. The van der Waals surface area contributed by atoms with Crippen LogP contribution in [0.2, 0.25) is 5.02 Å². The van der Waals surface area contributed by atoms with E-state index in [0.29, 0.717) is 17.1 Å². The van der Waals surface area contributed by atoms with E-state index >= 15 is 0 Å². The number of aliphatic hydroxyl groups is 1. The van der Waals surface area contributed by atoms with Gasteiger partial charge in [0.25, 0.3) is 11.7 Å². The highest BCUT2D eigenvalue weighted by Gasteiger charge is 2.46. The zero-order valence-corrected chi connectivity index (χ0v) is 24.0. The summed E-state index contributed by atoms with van der Waals surface area (Å²) in [5, 5.41) is 11.5. The van der Waals surface area contributed by atoms with Crippen LogP contribution in [0.5, 0.6) is 0 Å². The molecule has 3 rings (SSSR count).